The summed E-state index contributed by atoms with van der Waals surface area (Å²) in [5, 5.41) is 17.2. The first kappa shape index (κ1) is 20.9. The van der Waals surface area contributed by atoms with E-state index in [1.165, 1.54) is 0 Å². The topological polar surface area (TPSA) is 125 Å². The van der Waals surface area contributed by atoms with Crippen molar-refractivity contribution in [1.29, 1.82) is 5.26 Å². The monoisotopic (exact) mass is 434 g/mol. The van der Waals surface area contributed by atoms with Crippen molar-refractivity contribution in [2.24, 2.45) is 5.73 Å². The van der Waals surface area contributed by atoms with Gasteiger partial charge < -0.3 is 29.4 Å². The molecule has 2 aromatic carbocycles. The number of hydrogen-bond donors (Lipinski definition) is 2. The van der Waals surface area contributed by atoms with Crippen LogP contribution in [0.25, 0.3) is 11.3 Å². The van der Waals surface area contributed by atoms with Crippen LogP contribution in [0.1, 0.15) is 17.0 Å². The summed E-state index contributed by atoms with van der Waals surface area (Å²) in [6.45, 7) is 0. The summed E-state index contributed by atoms with van der Waals surface area (Å²) >= 11 is 0. The fourth-order valence-corrected chi connectivity index (χ4v) is 3.82. The van der Waals surface area contributed by atoms with Gasteiger partial charge in [0, 0.05) is 5.56 Å². The number of ether oxygens (including phenoxy) is 5. The van der Waals surface area contributed by atoms with Crippen LogP contribution in [-0.2, 0) is 0 Å². The third kappa shape index (κ3) is 3.32. The Labute approximate surface area is 184 Å². The molecule has 4 rings (SSSR count). The molecule has 2 heterocycles. The summed E-state index contributed by atoms with van der Waals surface area (Å²) in [4.78, 5) is 0. The number of benzene rings is 2. The number of aromatic nitrogens is 2. The number of fused-ring (bicyclic) bond motifs is 1. The van der Waals surface area contributed by atoms with Crippen molar-refractivity contribution in [3.63, 3.8) is 0 Å². The van der Waals surface area contributed by atoms with Crippen LogP contribution >= 0.6 is 0 Å². The molecule has 164 valence electrons. The molecule has 0 bridgehead atoms. The standard InChI is InChI=1S/C23H22N4O5/c1-28-14-7-5-12(6-8-14)18-15(11-24)22(25)32-23-19(18)20(26-27-23)13-9-16(29-2)21(31-4)17(10-13)30-3/h5-10,18H,25H2,1-4H3,(H,26,27). The summed E-state index contributed by atoms with van der Waals surface area (Å²) in [5.41, 5.74) is 9.22. The lowest BCUT2D eigenvalue weighted by molar-refractivity contribution is 0.324. The molecule has 1 atom stereocenters. The molecule has 32 heavy (non-hydrogen) atoms. The van der Waals surface area contributed by atoms with Crippen LogP contribution in [0.2, 0.25) is 0 Å². The summed E-state index contributed by atoms with van der Waals surface area (Å²) in [7, 11) is 6.23. The number of aromatic amines is 1. The molecule has 3 N–H and O–H groups in total. The molecular formula is C23H22N4O5. The van der Waals surface area contributed by atoms with Crippen LogP contribution in [0, 0.1) is 11.3 Å². The molecule has 0 amide bonds. The summed E-state index contributed by atoms with van der Waals surface area (Å²) in [6, 6.07) is 13.2. The second-order valence-electron chi connectivity index (χ2n) is 6.93. The molecule has 1 aliphatic heterocycles. The van der Waals surface area contributed by atoms with Crippen LogP contribution < -0.4 is 29.4 Å². The fraction of sp³-hybridized carbons (Fsp3) is 0.217. The van der Waals surface area contributed by atoms with Crippen molar-refractivity contribution in [3.8, 4) is 46.2 Å². The van der Waals surface area contributed by atoms with Gasteiger partial charge in [-0.15, -0.1) is 5.10 Å². The fourth-order valence-electron chi connectivity index (χ4n) is 3.82. The highest BCUT2D eigenvalue weighted by atomic mass is 16.5. The predicted octanol–water partition coefficient (Wildman–Crippen LogP) is 3.33. The SMILES string of the molecule is COc1ccc(C2C(C#N)=C(N)Oc3n[nH]c(-c4cc(OC)c(OC)c(OC)c4)c32)cc1. The van der Waals surface area contributed by atoms with Gasteiger partial charge in [-0.2, -0.15) is 5.26 Å². The average molecular weight is 434 g/mol. The maximum Gasteiger partial charge on any atom is 0.244 e. The van der Waals surface area contributed by atoms with Crippen LogP contribution in [0.4, 0.5) is 0 Å². The first-order valence-electron chi connectivity index (χ1n) is 9.66. The van der Waals surface area contributed by atoms with E-state index >= 15 is 0 Å². The van der Waals surface area contributed by atoms with Gasteiger partial charge in [0.1, 0.15) is 17.4 Å². The number of nitriles is 1. The first-order valence-corrected chi connectivity index (χ1v) is 9.66. The minimum absolute atomic E-state index is 0.0174. The molecule has 1 aromatic heterocycles. The third-order valence-electron chi connectivity index (χ3n) is 5.34. The molecular weight excluding hydrogens is 412 g/mol. The van der Waals surface area contributed by atoms with Crippen molar-refractivity contribution in [1.82, 2.24) is 10.2 Å². The number of nitrogens with two attached hydrogens (primary N) is 1. The average Bonchev–Trinajstić information content (AvgIpc) is 3.25. The van der Waals surface area contributed by atoms with Crippen molar-refractivity contribution >= 4 is 0 Å². The lowest BCUT2D eigenvalue weighted by atomic mass is 9.83. The number of rotatable bonds is 6. The Kier molecular flexibility index (Phi) is 5.52. The molecule has 0 aliphatic carbocycles. The van der Waals surface area contributed by atoms with Gasteiger partial charge in [0.25, 0.3) is 0 Å². The number of nitrogens with one attached hydrogen (secondary N) is 1. The molecule has 0 spiro atoms. The lowest BCUT2D eigenvalue weighted by Gasteiger charge is -2.24. The van der Waals surface area contributed by atoms with Gasteiger partial charge in [-0.1, -0.05) is 12.1 Å². The minimum atomic E-state index is -0.498. The van der Waals surface area contributed by atoms with E-state index < -0.39 is 5.92 Å². The first-order chi connectivity index (χ1) is 15.6. The zero-order chi connectivity index (χ0) is 22.8. The lowest BCUT2D eigenvalue weighted by Crippen LogP contribution is -2.21. The van der Waals surface area contributed by atoms with Gasteiger partial charge in [-0.25, -0.2) is 0 Å². The van der Waals surface area contributed by atoms with Crippen molar-refractivity contribution in [2.45, 2.75) is 5.92 Å². The highest BCUT2D eigenvalue weighted by Crippen LogP contribution is 2.48. The highest BCUT2D eigenvalue weighted by Gasteiger charge is 2.36. The zero-order valence-corrected chi connectivity index (χ0v) is 18.1. The Hall–Kier alpha value is -4.32. The molecule has 3 aromatic rings. The van der Waals surface area contributed by atoms with E-state index in [1.807, 2.05) is 24.3 Å². The number of methoxy groups -OCH3 is 4. The second-order valence-corrected chi connectivity index (χ2v) is 6.93. The van der Waals surface area contributed by atoms with E-state index in [-0.39, 0.29) is 11.5 Å². The van der Waals surface area contributed by atoms with Crippen LogP contribution in [0.15, 0.2) is 47.9 Å². The van der Waals surface area contributed by atoms with Crippen molar-refractivity contribution in [2.75, 3.05) is 28.4 Å². The Balaban J connectivity index is 1.93. The van der Waals surface area contributed by atoms with Gasteiger partial charge >= 0.3 is 0 Å². The molecule has 9 heteroatoms. The van der Waals surface area contributed by atoms with Crippen LogP contribution in [0.3, 0.4) is 0 Å². The highest BCUT2D eigenvalue weighted by molar-refractivity contribution is 5.75. The van der Waals surface area contributed by atoms with Gasteiger partial charge in [0.15, 0.2) is 11.5 Å². The maximum atomic E-state index is 9.87. The van der Waals surface area contributed by atoms with E-state index in [2.05, 4.69) is 16.3 Å². The van der Waals surface area contributed by atoms with E-state index in [1.54, 1.807) is 40.6 Å². The summed E-state index contributed by atoms with van der Waals surface area (Å²) in [6.07, 6.45) is 0. The number of H-pyrrole nitrogens is 1. The molecule has 1 unspecified atom stereocenters. The minimum Gasteiger partial charge on any atom is -0.497 e. The molecule has 0 saturated heterocycles. The van der Waals surface area contributed by atoms with E-state index in [0.29, 0.717) is 45.7 Å². The van der Waals surface area contributed by atoms with Gasteiger partial charge in [-0.05, 0) is 29.8 Å². The summed E-state index contributed by atoms with van der Waals surface area (Å²) in [5.74, 6) is 1.96. The Morgan fingerprint density at radius 2 is 1.66 bits per heavy atom. The van der Waals surface area contributed by atoms with E-state index in [0.717, 1.165) is 5.56 Å². The van der Waals surface area contributed by atoms with E-state index in [4.69, 9.17) is 29.4 Å². The zero-order valence-electron chi connectivity index (χ0n) is 18.1. The van der Waals surface area contributed by atoms with Crippen LogP contribution in [-0.4, -0.2) is 38.6 Å². The van der Waals surface area contributed by atoms with E-state index in [9.17, 15) is 5.26 Å². The molecule has 9 nitrogen and oxygen atoms in total. The van der Waals surface area contributed by atoms with Gasteiger partial charge in [0.05, 0.1) is 45.6 Å². The number of nitrogens with zero attached hydrogens (tertiary/aromatic N) is 2. The molecule has 0 fully saturated rings. The smallest absolute Gasteiger partial charge is 0.244 e. The largest absolute Gasteiger partial charge is 0.497 e. The van der Waals surface area contributed by atoms with Crippen LogP contribution in [0.5, 0.6) is 28.9 Å². The maximum absolute atomic E-state index is 9.87. The van der Waals surface area contributed by atoms with Gasteiger partial charge in [0.2, 0.25) is 17.5 Å². The number of allylic oxidation sites excluding steroid dienone is 1. The van der Waals surface area contributed by atoms with Crippen molar-refractivity contribution in [3.05, 3.63) is 59.0 Å². The second kappa shape index (κ2) is 8.43. The number of hydrogen-bond acceptors (Lipinski definition) is 8. The van der Waals surface area contributed by atoms with Crippen molar-refractivity contribution < 1.29 is 23.7 Å². The quantitative estimate of drug-likeness (QED) is 0.605. The summed E-state index contributed by atoms with van der Waals surface area (Å²) < 4.78 is 27.3. The molecule has 0 radical (unpaired) electrons. The third-order valence-corrected chi connectivity index (χ3v) is 5.34. The normalized spacial score (nSPS) is 14.8. The predicted molar refractivity (Wildman–Crippen MR) is 116 cm³/mol. The Morgan fingerprint density at radius 3 is 2.19 bits per heavy atom. The Morgan fingerprint density at radius 1 is 1.00 bits per heavy atom. The molecule has 0 saturated carbocycles. The molecule has 1 aliphatic rings. The Bertz CT molecular complexity index is 1200. The van der Waals surface area contributed by atoms with Gasteiger partial charge in [-0.3, -0.25) is 5.10 Å².